The highest BCUT2D eigenvalue weighted by Gasteiger charge is 2.23. The van der Waals surface area contributed by atoms with E-state index in [2.05, 4.69) is 23.1 Å². The summed E-state index contributed by atoms with van der Waals surface area (Å²) < 4.78 is 5.53. The first-order chi connectivity index (χ1) is 14.3. The number of hydrogen-bond donors (Lipinski definition) is 1. The molecular weight excluding hydrogens is 414 g/mol. The molecule has 3 rings (SSSR count). The Morgan fingerprint density at radius 2 is 2.10 bits per heavy atom. The molecule has 1 aliphatic rings. The SMILES string of the molecule is CCN(CCN1CCSc2cc(CC(=N)c3cccs3)ccc21)C(=O)OC(C)(C)C. The van der Waals surface area contributed by atoms with Crippen LogP contribution in [-0.2, 0) is 11.2 Å². The Hall–Kier alpha value is -1.99. The molecule has 30 heavy (non-hydrogen) atoms. The number of rotatable bonds is 7. The van der Waals surface area contributed by atoms with E-state index in [0.717, 1.165) is 23.7 Å². The van der Waals surface area contributed by atoms with Crippen LogP contribution in [0.1, 0.15) is 38.1 Å². The summed E-state index contributed by atoms with van der Waals surface area (Å²) in [5.74, 6) is 1.03. The Bertz CT molecular complexity index is 875. The second-order valence-electron chi connectivity index (χ2n) is 8.33. The quantitative estimate of drug-likeness (QED) is 0.570. The molecule has 5 nitrogen and oxygen atoms in total. The normalized spacial score (nSPS) is 13.7. The molecule has 0 fully saturated rings. The number of carbonyl (C=O) groups is 1. The third-order valence-corrected chi connectivity index (χ3v) is 6.81. The van der Waals surface area contributed by atoms with Gasteiger partial charge in [0.15, 0.2) is 0 Å². The first-order valence-corrected chi connectivity index (χ1v) is 12.2. The van der Waals surface area contributed by atoms with Crippen molar-refractivity contribution in [2.75, 3.05) is 36.8 Å². The Morgan fingerprint density at radius 3 is 2.77 bits per heavy atom. The van der Waals surface area contributed by atoms with Crippen molar-refractivity contribution in [3.8, 4) is 0 Å². The molecule has 7 heteroatoms. The van der Waals surface area contributed by atoms with E-state index in [0.29, 0.717) is 25.2 Å². The lowest BCUT2D eigenvalue weighted by Gasteiger charge is -2.33. The van der Waals surface area contributed by atoms with Crippen molar-refractivity contribution in [1.82, 2.24) is 4.90 Å². The van der Waals surface area contributed by atoms with Gasteiger partial charge in [-0.05, 0) is 56.8 Å². The topological polar surface area (TPSA) is 56.6 Å². The molecule has 0 atom stereocenters. The maximum absolute atomic E-state index is 12.4. The zero-order chi connectivity index (χ0) is 21.7. The van der Waals surface area contributed by atoms with Gasteiger partial charge < -0.3 is 19.9 Å². The van der Waals surface area contributed by atoms with Crippen molar-refractivity contribution in [3.63, 3.8) is 0 Å². The van der Waals surface area contributed by atoms with Crippen LogP contribution in [-0.4, -0.2) is 54.2 Å². The minimum absolute atomic E-state index is 0.251. The molecule has 0 spiro atoms. The van der Waals surface area contributed by atoms with Gasteiger partial charge in [0.2, 0.25) is 0 Å². The van der Waals surface area contributed by atoms with Crippen LogP contribution in [0.15, 0.2) is 40.6 Å². The Kier molecular flexibility index (Phi) is 7.47. The van der Waals surface area contributed by atoms with Gasteiger partial charge in [0.1, 0.15) is 5.60 Å². The van der Waals surface area contributed by atoms with Gasteiger partial charge in [0, 0.05) is 48.1 Å². The summed E-state index contributed by atoms with van der Waals surface area (Å²) in [4.78, 5) is 18.8. The highest BCUT2D eigenvalue weighted by Crippen LogP contribution is 2.35. The molecule has 1 N–H and O–H groups in total. The van der Waals surface area contributed by atoms with Crippen molar-refractivity contribution in [2.45, 2.75) is 44.6 Å². The third kappa shape index (κ3) is 6.01. The van der Waals surface area contributed by atoms with E-state index in [-0.39, 0.29) is 6.09 Å². The molecule has 2 aromatic rings. The second-order valence-corrected chi connectivity index (χ2v) is 10.4. The summed E-state index contributed by atoms with van der Waals surface area (Å²) >= 11 is 3.49. The third-order valence-electron chi connectivity index (χ3n) is 4.86. The molecule has 0 saturated carbocycles. The maximum Gasteiger partial charge on any atom is 0.410 e. The standard InChI is InChI=1S/C23H31N3O2S2/c1-5-25(22(27)28-23(2,3)4)10-11-26-12-14-30-21-16-17(8-9-19(21)26)15-18(24)20-7-6-13-29-20/h6-9,13,16,24H,5,10-12,14-15H2,1-4H3. The van der Waals surface area contributed by atoms with Crippen molar-refractivity contribution in [3.05, 3.63) is 46.2 Å². The molecule has 162 valence electrons. The van der Waals surface area contributed by atoms with E-state index in [1.165, 1.54) is 16.1 Å². The van der Waals surface area contributed by atoms with Gasteiger partial charge in [0.05, 0.1) is 11.4 Å². The summed E-state index contributed by atoms with van der Waals surface area (Å²) in [6.45, 7) is 10.7. The average molecular weight is 446 g/mol. The number of nitrogens with zero attached hydrogens (tertiary/aromatic N) is 2. The largest absolute Gasteiger partial charge is 0.444 e. The molecule has 0 radical (unpaired) electrons. The minimum Gasteiger partial charge on any atom is -0.444 e. The van der Waals surface area contributed by atoms with Crippen LogP contribution in [0.25, 0.3) is 0 Å². The van der Waals surface area contributed by atoms with Crippen molar-refractivity contribution < 1.29 is 9.53 Å². The fourth-order valence-electron chi connectivity index (χ4n) is 3.35. The number of amides is 1. The summed E-state index contributed by atoms with van der Waals surface area (Å²) in [6, 6.07) is 10.5. The van der Waals surface area contributed by atoms with Crippen LogP contribution >= 0.6 is 23.1 Å². The minimum atomic E-state index is -0.480. The molecule has 0 unspecified atom stereocenters. The lowest BCUT2D eigenvalue weighted by molar-refractivity contribution is 0.0265. The van der Waals surface area contributed by atoms with Gasteiger partial charge in [-0.3, -0.25) is 0 Å². The van der Waals surface area contributed by atoms with E-state index in [9.17, 15) is 4.79 Å². The highest BCUT2D eigenvalue weighted by molar-refractivity contribution is 7.99. The van der Waals surface area contributed by atoms with E-state index in [4.69, 9.17) is 10.1 Å². The van der Waals surface area contributed by atoms with E-state index < -0.39 is 5.60 Å². The Morgan fingerprint density at radius 1 is 1.30 bits per heavy atom. The van der Waals surface area contributed by atoms with Crippen LogP contribution in [0.4, 0.5) is 10.5 Å². The molecule has 0 bridgehead atoms. The number of ether oxygens (including phenoxy) is 1. The zero-order valence-corrected chi connectivity index (χ0v) is 19.9. The lowest BCUT2D eigenvalue weighted by atomic mass is 10.1. The zero-order valence-electron chi connectivity index (χ0n) is 18.2. The number of nitrogens with one attached hydrogen (secondary N) is 1. The average Bonchev–Trinajstić information content (AvgIpc) is 3.22. The van der Waals surface area contributed by atoms with Gasteiger partial charge in [-0.15, -0.1) is 23.1 Å². The summed E-state index contributed by atoms with van der Waals surface area (Å²) in [6.07, 6.45) is 0.399. The molecule has 1 aliphatic heterocycles. The fourth-order valence-corrected chi connectivity index (χ4v) is 5.14. The fraction of sp³-hybridized carbons (Fsp3) is 0.478. The van der Waals surface area contributed by atoms with Crippen LogP contribution in [0.5, 0.6) is 0 Å². The number of benzene rings is 1. The van der Waals surface area contributed by atoms with Crippen LogP contribution < -0.4 is 4.90 Å². The number of fused-ring (bicyclic) bond motifs is 1. The molecule has 2 heterocycles. The maximum atomic E-state index is 12.4. The number of anilines is 1. The number of thioether (sulfide) groups is 1. The summed E-state index contributed by atoms with van der Waals surface area (Å²) in [5, 5.41) is 10.4. The van der Waals surface area contributed by atoms with Gasteiger partial charge >= 0.3 is 6.09 Å². The summed E-state index contributed by atoms with van der Waals surface area (Å²) in [7, 11) is 0. The van der Waals surface area contributed by atoms with Gasteiger partial charge in [-0.25, -0.2) is 4.79 Å². The predicted octanol–water partition coefficient (Wildman–Crippen LogP) is 5.53. The van der Waals surface area contributed by atoms with Crippen molar-refractivity contribution in [1.29, 1.82) is 5.41 Å². The van der Waals surface area contributed by atoms with E-state index in [1.807, 2.05) is 57.0 Å². The predicted molar refractivity (Wildman–Crippen MR) is 128 cm³/mol. The number of likely N-dealkylation sites (N-methyl/N-ethyl adjacent to an activating group) is 1. The Balaban J connectivity index is 1.64. The van der Waals surface area contributed by atoms with Crippen LogP contribution in [0.3, 0.4) is 0 Å². The molecule has 1 aromatic heterocycles. The van der Waals surface area contributed by atoms with Crippen molar-refractivity contribution in [2.24, 2.45) is 0 Å². The number of thiophene rings is 1. The number of carbonyl (C=O) groups excluding carboxylic acids is 1. The lowest BCUT2D eigenvalue weighted by Crippen LogP contribution is -2.42. The first-order valence-electron chi connectivity index (χ1n) is 10.4. The van der Waals surface area contributed by atoms with Gasteiger partial charge in [-0.1, -0.05) is 12.1 Å². The van der Waals surface area contributed by atoms with E-state index >= 15 is 0 Å². The molecule has 1 aromatic carbocycles. The Labute approximate surface area is 187 Å². The van der Waals surface area contributed by atoms with Crippen LogP contribution in [0, 0.1) is 5.41 Å². The molecule has 1 amide bonds. The summed E-state index contributed by atoms with van der Waals surface area (Å²) in [5.41, 5.74) is 2.58. The second kappa shape index (κ2) is 9.88. The monoisotopic (exact) mass is 445 g/mol. The molecule has 0 saturated heterocycles. The van der Waals surface area contributed by atoms with Gasteiger partial charge in [0.25, 0.3) is 0 Å². The smallest absolute Gasteiger partial charge is 0.410 e. The molecule has 0 aliphatic carbocycles. The first kappa shape index (κ1) is 22.7. The van der Waals surface area contributed by atoms with Crippen molar-refractivity contribution >= 4 is 40.6 Å². The van der Waals surface area contributed by atoms with Gasteiger partial charge in [-0.2, -0.15) is 0 Å². The number of hydrogen-bond acceptors (Lipinski definition) is 6. The molecular formula is C23H31N3O2S2. The van der Waals surface area contributed by atoms with E-state index in [1.54, 1.807) is 16.2 Å². The van der Waals surface area contributed by atoms with Crippen LogP contribution in [0.2, 0.25) is 0 Å². The highest BCUT2D eigenvalue weighted by atomic mass is 32.2.